The van der Waals surface area contributed by atoms with Gasteiger partial charge < -0.3 is 4.74 Å². The molecule has 2 heterocycles. The van der Waals surface area contributed by atoms with Gasteiger partial charge in [-0.15, -0.1) is 0 Å². The molecule has 1 aromatic carbocycles. The molecule has 27 heavy (non-hydrogen) atoms. The molecule has 1 aliphatic heterocycles. The lowest BCUT2D eigenvalue weighted by atomic mass is 9.96. The molecule has 1 amide bonds. The van der Waals surface area contributed by atoms with Crippen molar-refractivity contribution in [1.29, 1.82) is 0 Å². The Morgan fingerprint density at radius 2 is 2.15 bits per heavy atom. The van der Waals surface area contributed by atoms with Crippen molar-refractivity contribution in [3.05, 3.63) is 63.8 Å². The number of nitrogens with zero attached hydrogens (tertiary/aromatic N) is 2. The van der Waals surface area contributed by atoms with Crippen LogP contribution in [0.15, 0.2) is 41.6 Å². The van der Waals surface area contributed by atoms with Crippen molar-refractivity contribution in [3.8, 4) is 5.75 Å². The second-order valence-electron chi connectivity index (χ2n) is 6.73. The summed E-state index contributed by atoms with van der Waals surface area (Å²) >= 11 is 6.78. The molecule has 1 aliphatic rings. The molecule has 0 atom stereocenters. The van der Waals surface area contributed by atoms with Gasteiger partial charge in [0.05, 0.1) is 18.6 Å². The van der Waals surface area contributed by atoms with Crippen LogP contribution in [0.1, 0.15) is 42.0 Å². The number of ether oxygens (including phenoxy) is 1. The number of hydrogen-bond acceptors (Lipinski definition) is 5. The summed E-state index contributed by atoms with van der Waals surface area (Å²) in [6.45, 7) is 6.72. The number of aryl methyl sites for hydroxylation is 1. The van der Waals surface area contributed by atoms with Crippen LogP contribution in [0.5, 0.6) is 5.75 Å². The van der Waals surface area contributed by atoms with Crippen molar-refractivity contribution >= 4 is 40.3 Å². The smallest absolute Gasteiger partial charge is 0.266 e. The van der Waals surface area contributed by atoms with Gasteiger partial charge >= 0.3 is 0 Å². The molecule has 1 saturated heterocycles. The van der Waals surface area contributed by atoms with E-state index in [1.807, 2.05) is 31.2 Å². The first-order chi connectivity index (χ1) is 12.9. The monoisotopic (exact) mass is 398 g/mol. The lowest BCUT2D eigenvalue weighted by molar-refractivity contribution is -0.122. The first-order valence-corrected chi connectivity index (χ1v) is 9.96. The van der Waals surface area contributed by atoms with Crippen LogP contribution < -0.4 is 4.74 Å². The Bertz CT molecular complexity index is 908. The lowest BCUT2D eigenvalue weighted by Gasteiger charge is -2.15. The predicted molar refractivity (Wildman–Crippen MR) is 115 cm³/mol. The molecule has 6 heteroatoms. The number of hydrogen-bond donors (Lipinski definition) is 0. The SMILES string of the molecule is COc1cc(C)c(C=C2SC(=S)N(Cc3cccnc3)C2=O)cc1C(C)C. The van der Waals surface area contributed by atoms with Gasteiger partial charge in [-0.2, -0.15) is 0 Å². The average Bonchev–Trinajstić information content (AvgIpc) is 2.91. The van der Waals surface area contributed by atoms with Gasteiger partial charge in [-0.25, -0.2) is 0 Å². The van der Waals surface area contributed by atoms with Gasteiger partial charge in [-0.1, -0.05) is 43.9 Å². The van der Waals surface area contributed by atoms with E-state index in [0.29, 0.717) is 21.7 Å². The summed E-state index contributed by atoms with van der Waals surface area (Å²) in [4.78, 5) is 19.3. The third-order valence-corrected chi connectivity index (χ3v) is 5.84. The molecule has 3 rings (SSSR count). The number of benzene rings is 1. The fourth-order valence-corrected chi connectivity index (χ4v) is 4.20. The van der Waals surface area contributed by atoms with E-state index in [4.69, 9.17) is 17.0 Å². The largest absolute Gasteiger partial charge is 0.496 e. The maximum absolute atomic E-state index is 12.9. The van der Waals surface area contributed by atoms with E-state index in [9.17, 15) is 4.79 Å². The van der Waals surface area contributed by atoms with Gasteiger partial charge in [0.2, 0.25) is 0 Å². The van der Waals surface area contributed by atoms with Crippen LogP contribution >= 0.6 is 24.0 Å². The van der Waals surface area contributed by atoms with Crippen LogP contribution in [0.2, 0.25) is 0 Å². The molecule has 0 unspecified atom stereocenters. The molecular formula is C21H22N2O2S2. The maximum Gasteiger partial charge on any atom is 0.266 e. The minimum absolute atomic E-state index is 0.0600. The second-order valence-corrected chi connectivity index (χ2v) is 8.41. The normalized spacial score (nSPS) is 15.9. The van der Waals surface area contributed by atoms with Crippen molar-refractivity contribution < 1.29 is 9.53 Å². The van der Waals surface area contributed by atoms with Crippen molar-refractivity contribution in [2.75, 3.05) is 7.11 Å². The summed E-state index contributed by atoms with van der Waals surface area (Å²) in [7, 11) is 1.68. The molecule has 0 saturated carbocycles. The highest BCUT2D eigenvalue weighted by Crippen LogP contribution is 2.36. The van der Waals surface area contributed by atoms with E-state index in [1.165, 1.54) is 11.8 Å². The van der Waals surface area contributed by atoms with Crippen LogP contribution in [0.25, 0.3) is 6.08 Å². The first kappa shape index (κ1) is 19.6. The molecule has 0 bridgehead atoms. The number of rotatable bonds is 5. The van der Waals surface area contributed by atoms with Crippen LogP contribution in [0.3, 0.4) is 0 Å². The Balaban J connectivity index is 1.91. The van der Waals surface area contributed by atoms with Gasteiger partial charge in [-0.05, 0) is 59.4 Å². The number of thioether (sulfide) groups is 1. The standard InChI is InChI=1S/C21H22N2O2S2/c1-13(2)17-9-16(14(3)8-18(17)25-4)10-19-20(24)23(21(26)27-19)12-15-6-5-7-22-11-15/h5-11,13H,12H2,1-4H3. The fourth-order valence-electron chi connectivity index (χ4n) is 2.95. The molecular weight excluding hydrogens is 376 g/mol. The lowest BCUT2D eigenvalue weighted by Crippen LogP contribution is -2.27. The predicted octanol–water partition coefficient (Wildman–Crippen LogP) is 4.92. The number of pyridine rings is 1. The molecule has 0 N–H and O–H groups in total. The van der Waals surface area contributed by atoms with Gasteiger partial charge in [-0.3, -0.25) is 14.7 Å². The minimum atomic E-state index is -0.0600. The third-order valence-electron chi connectivity index (χ3n) is 4.46. The summed E-state index contributed by atoms with van der Waals surface area (Å²) in [5.41, 5.74) is 4.16. The number of methoxy groups -OCH3 is 1. The number of amides is 1. The zero-order chi connectivity index (χ0) is 19.6. The zero-order valence-corrected chi connectivity index (χ0v) is 17.5. The summed E-state index contributed by atoms with van der Waals surface area (Å²) < 4.78 is 6.08. The third kappa shape index (κ3) is 4.22. The van der Waals surface area contributed by atoms with Crippen molar-refractivity contribution in [2.45, 2.75) is 33.2 Å². The minimum Gasteiger partial charge on any atom is -0.496 e. The highest BCUT2D eigenvalue weighted by Gasteiger charge is 2.32. The summed E-state index contributed by atoms with van der Waals surface area (Å²) in [5.74, 6) is 1.15. The van der Waals surface area contributed by atoms with Gasteiger partial charge in [0, 0.05) is 12.4 Å². The second kappa shape index (κ2) is 8.23. The van der Waals surface area contributed by atoms with E-state index >= 15 is 0 Å². The average molecular weight is 399 g/mol. The molecule has 4 nitrogen and oxygen atoms in total. The fraction of sp³-hybridized carbons (Fsp3) is 0.286. The van der Waals surface area contributed by atoms with Gasteiger partial charge in [0.25, 0.3) is 5.91 Å². The summed E-state index contributed by atoms with van der Waals surface area (Å²) in [6.07, 6.45) is 5.40. The Morgan fingerprint density at radius 1 is 1.37 bits per heavy atom. The highest BCUT2D eigenvalue weighted by molar-refractivity contribution is 8.26. The first-order valence-electron chi connectivity index (χ1n) is 8.73. The molecule has 0 aliphatic carbocycles. The van der Waals surface area contributed by atoms with Crippen molar-refractivity contribution in [2.24, 2.45) is 0 Å². The maximum atomic E-state index is 12.9. The molecule has 1 aromatic heterocycles. The Hall–Kier alpha value is -2.18. The number of thiocarbonyl (C=S) groups is 1. The molecule has 1 fully saturated rings. The van der Waals surface area contributed by atoms with Crippen LogP contribution in [0.4, 0.5) is 0 Å². The zero-order valence-electron chi connectivity index (χ0n) is 15.9. The van der Waals surface area contributed by atoms with E-state index < -0.39 is 0 Å². The van der Waals surface area contributed by atoms with E-state index in [-0.39, 0.29) is 5.91 Å². The summed E-state index contributed by atoms with van der Waals surface area (Å²) in [6, 6.07) is 7.93. The summed E-state index contributed by atoms with van der Waals surface area (Å²) in [5, 5.41) is 0. The van der Waals surface area contributed by atoms with E-state index in [2.05, 4.69) is 24.9 Å². The van der Waals surface area contributed by atoms with Crippen LogP contribution in [-0.4, -0.2) is 27.2 Å². The molecule has 140 valence electrons. The Morgan fingerprint density at radius 3 is 2.78 bits per heavy atom. The number of carbonyl (C=O) groups is 1. The van der Waals surface area contributed by atoms with Crippen molar-refractivity contribution in [1.82, 2.24) is 9.88 Å². The highest BCUT2D eigenvalue weighted by atomic mass is 32.2. The molecule has 0 spiro atoms. The van der Waals surface area contributed by atoms with Crippen LogP contribution in [-0.2, 0) is 11.3 Å². The number of aromatic nitrogens is 1. The molecule has 0 radical (unpaired) electrons. The van der Waals surface area contributed by atoms with E-state index in [1.54, 1.807) is 24.4 Å². The topological polar surface area (TPSA) is 42.4 Å². The quantitative estimate of drug-likeness (QED) is 0.528. The Labute approximate surface area is 169 Å². The molecule has 2 aromatic rings. The number of carbonyl (C=O) groups excluding carboxylic acids is 1. The van der Waals surface area contributed by atoms with E-state index in [0.717, 1.165) is 28.0 Å². The van der Waals surface area contributed by atoms with Gasteiger partial charge in [0.1, 0.15) is 10.1 Å². The van der Waals surface area contributed by atoms with Gasteiger partial charge in [0.15, 0.2) is 0 Å². The Kier molecular flexibility index (Phi) is 5.97. The van der Waals surface area contributed by atoms with Crippen LogP contribution in [0, 0.1) is 6.92 Å². The van der Waals surface area contributed by atoms with Crippen molar-refractivity contribution in [3.63, 3.8) is 0 Å².